The van der Waals surface area contributed by atoms with E-state index in [0.29, 0.717) is 24.3 Å². The van der Waals surface area contributed by atoms with Gasteiger partial charge < -0.3 is 24.5 Å². The molecule has 36 heavy (non-hydrogen) atoms. The maximum absolute atomic E-state index is 12.3. The molecule has 2 saturated carbocycles. The Morgan fingerprint density at radius 2 is 1.92 bits per heavy atom. The molecule has 1 amide bonds. The Labute approximate surface area is 211 Å². The minimum Gasteiger partial charge on any atom is -0.491 e. The van der Waals surface area contributed by atoms with Crippen molar-refractivity contribution in [3.05, 3.63) is 42.5 Å². The van der Waals surface area contributed by atoms with Crippen molar-refractivity contribution in [3.8, 4) is 17.0 Å². The van der Waals surface area contributed by atoms with E-state index in [2.05, 4.69) is 22.0 Å². The number of nitrogen functional groups attached to an aromatic ring is 1. The van der Waals surface area contributed by atoms with Crippen molar-refractivity contribution in [2.24, 2.45) is 5.92 Å². The van der Waals surface area contributed by atoms with E-state index in [1.54, 1.807) is 0 Å². The van der Waals surface area contributed by atoms with Gasteiger partial charge in [0.25, 0.3) is 0 Å². The maximum atomic E-state index is 12.3. The Hall–Kier alpha value is -3.19. The highest BCUT2D eigenvalue weighted by molar-refractivity contribution is 6.01. The summed E-state index contributed by atoms with van der Waals surface area (Å²) in [5, 5.41) is 3.90. The smallest absolute Gasteiger partial charge is 0.411 e. The predicted octanol–water partition coefficient (Wildman–Crippen LogP) is 6.52. The van der Waals surface area contributed by atoms with Crippen molar-refractivity contribution >= 4 is 28.4 Å². The molecule has 0 bridgehead atoms. The maximum Gasteiger partial charge on any atom is 0.411 e. The quantitative estimate of drug-likeness (QED) is 0.376. The summed E-state index contributed by atoms with van der Waals surface area (Å²) in [5.41, 5.74) is 11.4. The van der Waals surface area contributed by atoms with Crippen LogP contribution in [0.4, 0.5) is 16.2 Å². The van der Waals surface area contributed by atoms with E-state index in [4.69, 9.17) is 19.9 Å². The van der Waals surface area contributed by atoms with Gasteiger partial charge in [-0.1, -0.05) is 12.1 Å². The van der Waals surface area contributed by atoms with E-state index in [9.17, 15) is 4.79 Å². The number of nitrogens with two attached hydrogens (primary N) is 1. The molecule has 3 fully saturated rings. The molecule has 3 N–H and O–H groups in total. The number of amides is 1. The lowest BCUT2D eigenvalue weighted by Gasteiger charge is -2.30. The van der Waals surface area contributed by atoms with E-state index in [0.717, 1.165) is 78.7 Å². The first-order valence-electron chi connectivity index (χ1n) is 13.3. The minimum absolute atomic E-state index is 0.0400. The highest BCUT2D eigenvalue weighted by atomic mass is 16.6. The molecule has 3 aliphatic rings. The second kappa shape index (κ2) is 9.69. The van der Waals surface area contributed by atoms with E-state index < -0.39 is 6.09 Å². The normalized spacial score (nSPS) is 20.8. The summed E-state index contributed by atoms with van der Waals surface area (Å²) in [6.45, 7) is 3.36. The fourth-order valence-corrected chi connectivity index (χ4v) is 5.38. The first kappa shape index (κ1) is 23.2. The number of fused-ring (bicyclic) bond motifs is 1. The molecular formula is C29H35N3O4. The van der Waals surface area contributed by atoms with Crippen LogP contribution in [0.15, 0.2) is 42.5 Å². The molecule has 2 unspecified atom stereocenters. The molecule has 190 valence electrons. The first-order chi connectivity index (χ1) is 17.6. The molecule has 1 aromatic heterocycles. The number of nitrogens with zero attached hydrogens (tertiary/aromatic N) is 1. The number of aromatic nitrogens is 1. The zero-order valence-electron chi connectivity index (χ0n) is 20.9. The van der Waals surface area contributed by atoms with Crippen LogP contribution < -0.4 is 15.8 Å². The molecule has 0 radical (unpaired) electrons. The van der Waals surface area contributed by atoms with E-state index in [1.165, 1.54) is 6.42 Å². The van der Waals surface area contributed by atoms with E-state index in [1.807, 2.05) is 37.3 Å². The van der Waals surface area contributed by atoms with Crippen molar-refractivity contribution < 1.29 is 19.0 Å². The number of ether oxygens (including phenoxy) is 3. The zero-order chi connectivity index (χ0) is 24.6. The number of nitrogens with one attached hydrogen (secondary N) is 1. The zero-order valence-corrected chi connectivity index (χ0v) is 20.9. The van der Waals surface area contributed by atoms with Crippen LogP contribution in [0.3, 0.4) is 0 Å². The molecule has 2 heterocycles. The summed E-state index contributed by atoms with van der Waals surface area (Å²) in [6.07, 6.45) is 7.69. The Kier molecular flexibility index (Phi) is 6.25. The number of carbonyl (C=O) groups excluding carboxylic acids is 1. The van der Waals surface area contributed by atoms with Crippen molar-refractivity contribution in [1.29, 1.82) is 0 Å². The molecule has 1 aliphatic heterocycles. The van der Waals surface area contributed by atoms with Gasteiger partial charge in [0.05, 0.1) is 23.0 Å². The second-order valence-corrected chi connectivity index (χ2v) is 10.5. The van der Waals surface area contributed by atoms with Gasteiger partial charge in [-0.05, 0) is 82.1 Å². The lowest BCUT2D eigenvalue weighted by Crippen LogP contribution is -2.21. The van der Waals surface area contributed by atoms with Gasteiger partial charge in [0.15, 0.2) is 0 Å². The van der Waals surface area contributed by atoms with Crippen molar-refractivity contribution in [2.45, 2.75) is 70.1 Å². The monoisotopic (exact) mass is 489 g/mol. The van der Waals surface area contributed by atoms with Crippen molar-refractivity contribution in [2.75, 3.05) is 24.3 Å². The van der Waals surface area contributed by atoms with Gasteiger partial charge >= 0.3 is 6.09 Å². The average molecular weight is 490 g/mol. The number of benzene rings is 2. The minimum atomic E-state index is -0.402. The van der Waals surface area contributed by atoms with Crippen LogP contribution in [0.25, 0.3) is 22.2 Å². The molecule has 2 aliphatic carbocycles. The molecule has 1 saturated heterocycles. The van der Waals surface area contributed by atoms with Gasteiger partial charge in [0, 0.05) is 35.4 Å². The van der Waals surface area contributed by atoms with Gasteiger partial charge in [-0.15, -0.1) is 0 Å². The molecule has 3 aromatic rings. The number of rotatable bonds is 8. The topological polar surface area (TPSA) is 87.7 Å². The molecule has 2 atom stereocenters. The van der Waals surface area contributed by atoms with Crippen molar-refractivity contribution in [3.63, 3.8) is 0 Å². The van der Waals surface area contributed by atoms with Crippen LogP contribution in [0, 0.1) is 5.92 Å². The Bertz CT molecular complexity index is 1240. The average Bonchev–Trinajstić information content (AvgIpc) is 3.50. The summed E-state index contributed by atoms with van der Waals surface area (Å²) in [7, 11) is 0. The third-order valence-electron chi connectivity index (χ3n) is 7.90. The van der Waals surface area contributed by atoms with Crippen LogP contribution in [0.1, 0.15) is 57.9 Å². The second-order valence-electron chi connectivity index (χ2n) is 10.5. The Morgan fingerprint density at radius 3 is 2.58 bits per heavy atom. The first-order valence-corrected chi connectivity index (χ1v) is 13.3. The van der Waals surface area contributed by atoms with Crippen molar-refractivity contribution in [1.82, 2.24) is 4.57 Å². The fraction of sp³-hybridized carbons (Fsp3) is 0.483. The number of carbonyl (C=O) groups is 1. The summed E-state index contributed by atoms with van der Waals surface area (Å²) >= 11 is 0. The third-order valence-corrected chi connectivity index (χ3v) is 7.90. The van der Waals surface area contributed by atoms with E-state index >= 15 is 0 Å². The van der Waals surface area contributed by atoms with Gasteiger partial charge in [-0.25, -0.2) is 4.79 Å². The third kappa shape index (κ3) is 4.64. The number of hydrogen-bond acceptors (Lipinski definition) is 5. The predicted molar refractivity (Wildman–Crippen MR) is 141 cm³/mol. The van der Waals surface area contributed by atoms with Gasteiger partial charge in [0.2, 0.25) is 0 Å². The Morgan fingerprint density at radius 1 is 1.11 bits per heavy atom. The van der Waals surface area contributed by atoms with Gasteiger partial charge in [-0.3, -0.25) is 5.32 Å². The molecule has 2 aromatic carbocycles. The van der Waals surface area contributed by atoms with Crippen LogP contribution in [-0.4, -0.2) is 36.1 Å². The van der Waals surface area contributed by atoms with Crippen LogP contribution in [0.5, 0.6) is 5.75 Å². The highest BCUT2D eigenvalue weighted by Crippen LogP contribution is 2.45. The molecule has 7 nitrogen and oxygen atoms in total. The SMILES string of the molecule is CC(OC(=O)Nc1ccc(-c2c(N)c3ccc(OCC4CCCO4)cc3n2C2CCC2)cc1)C1CC1. The number of anilines is 2. The Balaban J connectivity index is 1.25. The van der Waals surface area contributed by atoms with Gasteiger partial charge in [-0.2, -0.15) is 0 Å². The largest absolute Gasteiger partial charge is 0.491 e. The lowest BCUT2D eigenvalue weighted by molar-refractivity contribution is 0.0680. The molecule has 0 spiro atoms. The van der Waals surface area contributed by atoms with Gasteiger partial charge in [0.1, 0.15) is 18.5 Å². The molecule has 7 heteroatoms. The number of hydrogen-bond donors (Lipinski definition) is 2. The van der Waals surface area contributed by atoms with Crippen LogP contribution in [-0.2, 0) is 9.47 Å². The highest BCUT2D eigenvalue weighted by Gasteiger charge is 2.31. The summed E-state index contributed by atoms with van der Waals surface area (Å²) in [5.74, 6) is 1.36. The lowest BCUT2D eigenvalue weighted by atomic mass is 9.92. The molecule has 6 rings (SSSR count). The molecular weight excluding hydrogens is 454 g/mol. The summed E-state index contributed by atoms with van der Waals surface area (Å²) < 4.78 is 19.7. The standard InChI is InChI=1S/C29H35N3O4/c1-18(19-7-8-19)36-29(33)31-21-11-9-20(10-12-21)28-27(30)25-14-13-23(35-17-24-6-3-15-34-24)16-26(25)32(28)22-4-2-5-22/h9-14,16,18-19,22,24H,2-8,15,17,30H2,1H3,(H,31,33). The summed E-state index contributed by atoms with van der Waals surface area (Å²) in [6, 6.07) is 14.5. The fourth-order valence-electron chi connectivity index (χ4n) is 5.38. The van der Waals surface area contributed by atoms with Crippen LogP contribution in [0.2, 0.25) is 0 Å². The summed E-state index contributed by atoms with van der Waals surface area (Å²) in [4.78, 5) is 12.3. The van der Waals surface area contributed by atoms with E-state index in [-0.39, 0.29) is 12.2 Å². The van der Waals surface area contributed by atoms with Crippen LogP contribution >= 0.6 is 0 Å².